The molecule has 0 aliphatic heterocycles. The van der Waals surface area contributed by atoms with Crippen molar-refractivity contribution in [3.8, 4) is 5.69 Å². The summed E-state index contributed by atoms with van der Waals surface area (Å²) in [5, 5.41) is 0.529. The first kappa shape index (κ1) is 9.98. The molecule has 72 valence electrons. The van der Waals surface area contributed by atoms with Gasteiger partial charge >= 0.3 is 0 Å². The lowest BCUT2D eigenvalue weighted by Crippen LogP contribution is -1.94. The largest absolute Gasteiger partial charge is 0.302 e. The second-order valence-corrected chi connectivity index (χ2v) is 4.59. The van der Waals surface area contributed by atoms with Gasteiger partial charge in [-0.2, -0.15) is 0 Å². The van der Waals surface area contributed by atoms with Gasteiger partial charge in [-0.15, -0.1) is 0 Å². The first-order valence-electron chi connectivity index (χ1n) is 4.14. The summed E-state index contributed by atoms with van der Waals surface area (Å²) in [6.07, 6.45) is 1.82. The van der Waals surface area contributed by atoms with Crippen LogP contribution in [0.25, 0.3) is 5.69 Å². The summed E-state index contributed by atoms with van der Waals surface area (Å²) < 4.78 is 3.19. The molecule has 4 heteroatoms. The first-order chi connectivity index (χ1) is 6.66. The van der Waals surface area contributed by atoms with Crippen LogP contribution >= 0.6 is 34.2 Å². The molecule has 0 unspecified atom stereocenters. The Morgan fingerprint density at radius 2 is 1.93 bits per heavy atom. The van der Waals surface area contributed by atoms with Crippen LogP contribution in [0.2, 0.25) is 5.15 Å². The van der Waals surface area contributed by atoms with Crippen molar-refractivity contribution in [2.75, 3.05) is 0 Å². The Kier molecular flexibility index (Phi) is 2.78. The van der Waals surface area contributed by atoms with Crippen LogP contribution in [-0.2, 0) is 0 Å². The third-order valence-corrected chi connectivity index (χ3v) is 2.86. The molecule has 0 spiro atoms. The minimum Gasteiger partial charge on any atom is -0.302 e. The number of hydrogen-bond donors (Lipinski definition) is 0. The Balaban J connectivity index is 2.49. The Labute approximate surface area is 101 Å². The van der Waals surface area contributed by atoms with Gasteiger partial charge in [-0.1, -0.05) is 11.6 Å². The van der Waals surface area contributed by atoms with E-state index >= 15 is 0 Å². The normalized spacial score (nSPS) is 10.5. The maximum atomic E-state index is 5.81. The monoisotopic (exact) mass is 318 g/mol. The van der Waals surface area contributed by atoms with E-state index in [2.05, 4.69) is 39.7 Å². The molecule has 1 aromatic heterocycles. The summed E-state index contributed by atoms with van der Waals surface area (Å²) in [5.74, 6) is 0.899. The molecule has 14 heavy (non-hydrogen) atoms. The SMILES string of the molecule is Cc1nc(Cl)cn1-c1ccc(I)cc1. The van der Waals surface area contributed by atoms with Crippen LogP contribution in [-0.4, -0.2) is 9.55 Å². The van der Waals surface area contributed by atoms with Gasteiger partial charge in [0.25, 0.3) is 0 Å². The Hall–Kier alpha value is -0.550. The summed E-state index contributed by atoms with van der Waals surface area (Å²) in [7, 11) is 0. The lowest BCUT2D eigenvalue weighted by atomic mass is 10.3. The molecule has 0 aliphatic carbocycles. The lowest BCUT2D eigenvalue weighted by Gasteiger charge is -2.03. The quantitative estimate of drug-likeness (QED) is 0.737. The first-order valence-corrected chi connectivity index (χ1v) is 5.60. The van der Waals surface area contributed by atoms with Gasteiger partial charge in [0, 0.05) is 15.5 Å². The number of rotatable bonds is 1. The second-order valence-electron chi connectivity index (χ2n) is 2.96. The third kappa shape index (κ3) is 1.93. The number of aryl methyl sites for hydroxylation is 1. The Bertz CT molecular complexity index is 448. The smallest absolute Gasteiger partial charge is 0.147 e. The van der Waals surface area contributed by atoms with E-state index in [9.17, 15) is 0 Å². The number of imidazole rings is 1. The molecular formula is C10H8ClIN2. The zero-order valence-electron chi connectivity index (χ0n) is 7.54. The molecule has 0 aliphatic rings. The van der Waals surface area contributed by atoms with E-state index in [4.69, 9.17) is 11.6 Å². The van der Waals surface area contributed by atoms with Gasteiger partial charge in [0.2, 0.25) is 0 Å². The highest BCUT2D eigenvalue weighted by molar-refractivity contribution is 14.1. The Morgan fingerprint density at radius 1 is 1.29 bits per heavy atom. The summed E-state index contributed by atoms with van der Waals surface area (Å²) in [4.78, 5) is 4.14. The van der Waals surface area contributed by atoms with Crippen molar-refractivity contribution in [2.45, 2.75) is 6.92 Å². The lowest BCUT2D eigenvalue weighted by molar-refractivity contribution is 0.974. The molecule has 0 bridgehead atoms. The van der Waals surface area contributed by atoms with Gasteiger partial charge in [0.15, 0.2) is 0 Å². The van der Waals surface area contributed by atoms with Crippen LogP contribution in [0.1, 0.15) is 5.82 Å². The highest BCUT2D eigenvalue weighted by Crippen LogP contribution is 2.16. The van der Waals surface area contributed by atoms with E-state index in [1.807, 2.05) is 29.8 Å². The van der Waals surface area contributed by atoms with Crippen molar-refractivity contribution in [1.82, 2.24) is 9.55 Å². The van der Waals surface area contributed by atoms with Crippen molar-refractivity contribution in [3.63, 3.8) is 0 Å². The van der Waals surface area contributed by atoms with Crippen LogP contribution in [0, 0.1) is 10.5 Å². The fourth-order valence-corrected chi connectivity index (χ4v) is 1.88. The second kappa shape index (κ2) is 3.90. The van der Waals surface area contributed by atoms with E-state index in [0.717, 1.165) is 11.5 Å². The zero-order valence-corrected chi connectivity index (χ0v) is 10.5. The molecule has 0 amide bonds. The Morgan fingerprint density at radius 3 is 2.43 bits per heavy atom. The molecule has 2 nitrogen and oxygen atoms in total. The third-order valence-electron chi connectivity index (χ3n) is 1.96. The molecule has 1 aromatic carbocycles. The molecule has 2 rings (SSSR count). The van der Waals surface area contributed by atoms with Crippen LogP contribution in [0.4, 0.5) is 0 Å². The molecule has 0 saturated carbocycles. The van der Waals surface area contributed by atoms with Crippen molar-refractivity contribution in [1.29, 1.82) is 0 Å². The highest BCUT2D eigenvalue weighted by Gasteiger charge is 2.03. The molecule has 0 N–H and O–H groups in total. The predicted molar refractivity (Wildman–Crippen MR) is 66.0 cm³/mol. The average Bonchev–Trinajstić information content (AvgIpc) is 2.47. The number of hydrogen-bond acceptors (Lipinski definition) is 1. The maximum Gasteiger partial charge on any atom is 0.147 e. The van der Waals surface area contributed by atoms with Crippen molar-refractivity contribution in [2.24, 2.45) is 0 Å². The molecular weight excluding hydrogens is 310 g/mol. The van der Waals surface area contributed by atoms with E-state index < -0.39 is 0 Å². The number of halogens is 2. The van der Waals surface area contributed by atoms with Gasteiger partial charge < -0.3 is 4.57 Å². The van der Waals surface area contributed by atoms with Gasteiger partial charge in [0.1, 0.15) is 11.0 Å². The van der Waals surface area contributed by atoms with Gasteiger partial charge in [0.05, 0.1) is 0 Å². The molecule has 0 saturated heterocycles. The standard InChI is InChI=1S/C10H8ClIN2/c1-7-13-10(11)6-14(7)9-4-2-8(12)3-5-9/h2-6H,1H3. The van der Waals surface area contributed by atoms with E-state index in [1.165, 1.54) is 3.57 Å². The minimum absolute atomic E-state index is 0.529. The number of nitrogens with zero attached hydrogens (tertiary/aromatic N) is 2. The molecule has 0 atom stereocenters. The minimum atomic E-state index is 0.529. The molecule has 1 heterocycles. The van der Waals surface area contributed by atoms with Crippen molar-refractivity contribution in [3.05, 3.63) is 45.0 Å². The van der Waals surface area contributed by atoms with Crippen LogP contribution in [0.5, 0.6) is 0 Å². The van der Waals surface area contributed by atoms with Crippen molar-refractivity contribution < 1.29 is 0 Å². The average molecular weight is 319 g/mol. The van der Waals surface area contributed by atoms with E-state index in [-0.39, 0.29) is 0 Å². The van der Waals surface area contributed by atoms with Gasteiger partial charge in [-0.3, -0.25) is 0 Å². The topological polar surface area (TPSA) is 17.8 Å². The van der Waals surface area contributed by atoms with Gasteiger partial charge in [-0.25, -0.2) is 4.98 Å². The summed E-state index contributed by atoms with van der Waals surface area (Å²) >= 11 is 8.09. The molecule has 0 fully saturated rings. The summed E-state index contributed by atoms with van der Waals surface area (Å²) in [6.45, 7) is 1.93. The molecule has 2 aromatic rings. The highest BCUT2D eigenvalue weighted by atomic mass is 127. The van der Waals surface area contributed by atoms with Gasteiger partial charge in [-0.05, 0) is 53.8 Å². The maximum absolute atomic E-state index is 5.81. The predicted octanol–water partition coefficient (Wildman–Crippen LogP) is 3.44. The van der Waals surface area contributed by atoms with Crippen LogP contribution in [0.3, 0.4) is 0 Å². The van der Waals surface area contributed by atoms with E-state index in [1.54, 1.807) is 0 Å². The zero-order chi connectivity index (χ0) is 10.1. The summed E-state index contributed by atoms with van der Waals surface area (Å²) in [5.41, 5.74) is 1.09. The fourth-order valence-electron chi connectivity index (χ4n) is 1.30. The van der Waals surface area contributed by atoms with Crippen LogP contribution < -0.4 is 0 Å². The summed E-state index contributed by atoms with van der Waals surface area (Å²) in [6, 6.07) is 8.21. The van der Waals surface area contributed by atoms with Crippen molar-refractivity contribution >= 4 is 34.2 Å². The van der Waals surface area contributed by atoms with E-state index in [0.29, 0.717) is 5.15 Å². The molecule has 0 radical (unpaired) electrons. The number of aromatic nitrogens is 2. The van der Waals surface area contributed by atoms with Crippen LogP contribution in [0.15, 0.2) is 30.5 Å². The number of benzene rings is 1. The fraction of sp³-hybridized carbons (Fsp3) is 0.100.